The highest BCUT2D eigenvalue weighted by atomic mass is 16.5. The standard InChI is InChI=1S/C23H29N7O/c1-3-25-23(27-15-18-8-10-26-22(14-18)30-13-11-24-17-30)28-19-9-12-29(16-19)20-6-4-5-7-21(20)31-2/h4-8,10-11,13-14,17,19H,3,9,12,15-16H2,1-2H3,(H2,25,27,28). The molecule has 0 bridgehead atoms. The first kappa shape index (κ1) is 20.7. The van der Waals surface area contributed by atoms with E-state index in [2.05, 4.69) is 44.6 Å². The maximum Gasteiger partial charge on any atom is 0.191 e. The van der Waals surface area contributed by atoms with Crippen LogP contribution in [0.5, 0.6) is 5.75 Å². The van der Waals surface area contributed by atoms with Gasteiger partial charge in [-0.25, -0.2) is 15.0 Å². The first-order chi connectivity index (χ1) is 15.3. The number of methoxy groups -OCH3 is 1. The molecule has 8 heteroatoms. The number of rotatable bonds is 7. The average molecular weight is 420 g/mol. The van der Waals surface area contributed by atoms with Crippen LogP contribution in [0.15, 0.2) is 66.3 Å². The number of pyridine rings is 1. The fraction of sp³-hybridized carbons (Fsp3) is 0.348. The molecule has 0 aliphatic carbocycles. The minimum absolute atomic E-state index is 0.321. The summed E-state index contributed by atoms with van der Waals surface area (Å²) < 4.78 is 7.42. The molecule has 2 aromatic heterocycles. The Morgan fingerprint density at radius 2 is 2.16 bits per heavy atom. The van der Waals surface area contributed by atoms with Crippen molar-refractivity contribution in [3.63, 3.8) is 0 Å². The van der Waals surface area contributed by atoms with Gasteiger partial charge < -0.3 is 20.3 Å². The van der Waals surface area contributed by atoms with E-state index in [4.69, 9.17) is 9.73 Å². The monoisotopic (exact) mass is 419 g/mol. The Bertz CT molecular complexity index is 1000. The van der Waals surface area contributed by atoms with Crippen LogP contribution in [0.25, 0.3) is 5.82 Å². The summed E-state index contributed by atoms with van der Waals surface area (Å²) in [6.45, 7) is 5.35. The SMILES string of the molecule is CCNC(=NCc1ccnc(-n2ccnc2)c1)NC1CCN(c2ccccc2OC)C1. The molecule has 31 heavy (non-hydrogen) atoms. The number of guanidine groups is 1. The maximum absolute atomic E-state index is 5.53. The van der Waals surface area contributed by atoms with Gasteiger partial charge in [-0.1, -0.05) is 12.1 Å². The molecule has 0 radical (unpaired) electrons. The Kier molecular flexibility index (Phi) is 6.66. The normalized spacial score (nSPS) is 16.4. The minimum Gasteiger partial charge on any atom is -0.495 e. The van der Waals surface area contributed by atoms with Crippen LogP contribution < -0.4 is 20.3 Å². The summed E-state index contributed by atoms with van der Waals surface area (Å²) in [7, 11) is 1.72. The van der Waals surface area contributed by atoms with E-state index in [-0.39, 0.29) is 0 Å². The van der Waals surface area contributed by atoms with E-state index in [0.717, 1.165) is 54.8 Å². The zero-order chi connectivity index (χ0) is 21.5. The fourth-order valence-electron chi connectivity index (χ4n) is 3.77. The summed E-state index contributed by atoms with van der Waals surface area (Å²) in [6.07, 6.45) is 8.23. The van der Waals surface area contributed by atoms with Gasteiger partial charge in [-0.15, -0.1) is 0 Å². The smallest absolute Gasteiger partial charge is 0.191 e. The Morgan fingerprint density at radius 3 is 2.97 bits per heavy atom. The highest BCUT2D eigenvalue weighted by Gasteiger charge is 2.25. The molecule has 1 aliphatic rings. The number of anilines is 1. The van der Waals surface area contributed by atoms with Crippen molar-refractivity contribution in [1.29, 1.82) is 0 Å². The van der Waals surface area contributed by atoms with Crippen LogP contribution in [0.4, 0.5) is 5.69 Å². The number of aromatic nitrogens is 3. The summed E-state index contributed by atoms with van der Waals surface area (Å²) in [5, 5.41) is 6.96. The van der Waals surface area contributed by atoms with Crippen LogP contribution >= 0.6 is 0 Å². The van der Waals surface area contributed by atoms with Gasteiger partial charge in [-0.05, 0) is 43.2 Å². The Morgan fingerprint density at radius 1 is 1.26 bits per heavy atom. The molecular weight excluding hydrogens is 390 g/mol. The summed E-state index contributed by atoms with van der Waals surface area (Å²) in [5.41, 5.74) is 2.23. The molecular formula is C23H29N7O. The fourth-order valence-corrected chi connectivity index (χ4v) is 3.77. The van der Waals surface area contributed by atoms with Crippen LogP contribution in [0, 0.1) is 0 Å². The van der Waals surface area contributed by atoms with Crippen LogP contribution in [-0.4, -0.2) is 53.3 Å². The molecule has 1 unspecified atom stereocenters. The molecule has 8 nitrogen and oxygen atoms in total. The van der Waals surface area contributed by atoms with Crippen LogP contribution in [0.2, 0.25) is 0 Å². The van der Waals surface area contributed by atoms with Gasteiger partial charge in [0, 0.05) is 44.3 Å². The summed E-state index contributed by atoms with van der Waals surface area (Å²) in [5.74, 6) is 2.58. The average Bonchev–Trinajstić information content (AvgIpc) is 3.50. The van der Waals surface area contributed by atoms with Gasteiger partial charge in [0.1, 0.15) is 17.9 Å². The zero-order valence-electron chi connectivity index (χ0n) is 18.0. The number of ether oxygens (including phenoxy) is 1. The summed E-state index contributed by atoms with van der Waals surface area (Å²) >= 11 is 0. The Labute approximate surface area is 183 Å². The largest absolute Gasteiger partial charge is 0.495 e. The van der Waals surface area contributed by atoms with Crippen molar-refractivity contribution < 1.29 is 4.74 Å². The van der Waals surface area contributed by atoms with Gasteiger partial charge in [0.2, 0.25) is 0 Å². The molecule has 1 atom stereocenters. The number of para-hydroxylation sites is 2. The lowest BCUT2D eigenvalue weighted by Crippen LogP contribution is -2.44. The van der Waals surface area contributed by atoms with Crippen molar-refractivity contribution in [1.82, 2.24) is 25.2 Å². The Balaban J connectivity index is 1.40. The highest BCUT2D eigenvalue weighted by molar-refractivity contribution is 5.80. The van der Waals surface area contributed by atoms with E-state index in [0.29, 0.717) is 12.6 Å². The van der Waals surface area contributed by atoms with Gasteiger partial charge in [0.05, 0.1) is 19.3 Å². The third kappa shape index (κ3) is 5.14. The molecule has 3 aromatic rings. The molecule has 0 saturated carbocycles. The lowest BCUT2D eigenvalue weighted by molar-refractivity contribution is 0.415. The van der Waals surface area contributed by atoms with Crippen molar-refractivity contribution in [2.45, 2.75) is 25.9 Å². The van der Waals surface area contributed by atoms with E-state index in [1.165, 1.54) is 0 Å². The molecule has 1 aromatic carbocycles. The van der Waals surface area contributed by atoms with Gasteiger partial charge in [-0.3, -0.25) is 4.57 Å². The second-order valence-electron chi connectivity index (χ2n) is 7.44. The van der Waals surface area contributed by atoms with Gasteiger partial charge in [0.15, 0.2) is 5.96 Å². The maximum atomic E-state index is 5.53. The van der Waals surface area contributed by atoms with Crippen molar-refractivity contribution >= 4 is 11.6 Å². The van der Waals surface area contributed by atoms with Crippen molar-refractivity contribution in [2.24, 2.45) is 4.99 Å². The molecule has 1 fully saturated rings. The van der Waals surface area contributed by atoms with Crippen LogP contribution in [0.1, 0.15) is 18.9 Å². The molecule has 0 spiro atoms. The summed E-state index contributed by atoms with van der Waals surface area (Å²) in [6, 6.07) is 12.5. The lowest BCUT2D eigenvalue weighted by Gasteiger charge is -2.22. The van der Waals surface area contributed by atoms with E-state index < -0.39 is 0 Å². The molecule has 2 N–H and O–H groups in total. The number of imidazole rings is 1. The third-order valence-corrected chi connectivity index (χ3v) is 5.30. The second kappa shape index (κ2) is 9.97. The van der Waals surface area contributed by atoms with E-state index >= 15 is 0 Å². The molecule has 162 valence electrons. The number of aliphatic imine (C=N–C) groups is 1. The predicted octanol–water partition coefficient (Wildman–Crippen LogP) is 2.61. The molecule has 3 heterocycles. The lowest BCUT2D eigenvalue weighted by atomic mass is 10.2. The number of benzene rings is 1. The summed E-state index contributed by atoms with van der Waals surface area (Å²) in [4.78, 5) is 15.7. The number of hydrogen-bond donors (Lipinski definition) is 2. The van der Waals surface area contributed by atoms with Crippen molar-refractivity contribution in [3.05, 3.63) is 66.9 Å². The molecule has 0 amide bonds. The van der Waals surface area contributed by atoms with Gasteiger partial charge >= 0.3 is 0 Å². The quantitative estimate of drug-likeness (QED) is 0.453. The molecule has 1 saturated heterocycles. The van der Waals surface area contributed by atoms with E-state index in [1.807, 2.05) is 41.2 Å². The number of nitrogens with zero attached hydrogens (tertiary/aromatic N) is 5. The van der Waals surface area contributed by atoms with Crippen molar-refractivity contribution in [2.75, 3.05) is 31.6 Å². The topological polar surface area (TPSA) is 79.6 Å². The van der Waals surface area contributed by atoms with Crippen LogP contribution in [-0.2, 0) is 6.54 Å². The number of nitrogens with one attached hydrogen (secondary N) is 2. The van der Waals surface area contributed by atoms with E-state index in [9.17, 15) is 0 Å². The first-order valence-electron chi connectivity index (χ1n) is 10.6. The molecule has 1 aliphatic heterocycles. The Hall–Kier alpha value is -3.55. The second-order valence-corrected chi connectivity index (χ2v) is 7.44. The number of hydrogen-bond acceptors (Lipinski definition) is 5. The first-order valence-corrected chi connectivity index (χ1v) is 10.6. The predicted molar refractivity (Wildman–Crippen MR) is 123 cm³/mol. The van der Waals surface area contributed by atoms with Crippen LogP contribution in [0.3, 0.4) is 0 Å². The van der Waals surface area contributed by atoms with Gasteiger partial charge in [0.25, 0.3) is 0 Å². The molecule has 4 rings (SSSR count). The highest BCUT2D eigenvalue weighted by Crippen LogP contribution is 2.30. The van der Waals surface area contributed by atoms with Crippen molar-refractivity contribution in [3.8, 4) is 11.6 Å². The third-order valence-electron chi connectivity index (χ3n) is 5.30. The minimum atomic E-state index is 0.321. The van der Waals surface area contributed by atoms with Gasteiger partial charge in [-0.2, -0.15) is 0 Å². The van der Waals surface area contributed by atoms with E-state index in [1.54, 1.807) is 19.6 Å². The zero-order valence-corrected chi connectivity index (χ0v) is 18.0.